The van der Waals surface area contributed by atoms with E-state index in [9.17, 15) is 14.4 Å². The quantitative estimate of drug-likeness (QED) is 0.839. The van der Waals surface area contributed by atoms with Gasteiger partial charge < -0.3 is 14.7 Å². The van der Waals surface area contributed by atoms with E-state index in [2.05, 4.69) is 0 Å². The zero-order chi connectivity index (χ0) is 17.0. The topological polar surface area (TPSA) is 83.9 Å². The van der Waals surface area contributed by atoms with Crippen LogP contribution in [0.5, 0.6) is 5.75 Å². The Kier molecular flexibility index (Phi) is 5.36. The van der Waals surface area contributed by atoms with Gasteiger partial charge in [-0.3, -0.25) is 14.4 Å². The molecule has 1 amide bonds. The minimum atomic E-state index is -0.870. The van der Waals surface area contributed by atoms with E-state index < -0.39 is 18.0 Å². The number of carbonyl (C=O) groups is 3. The maximum absolute atomic E-state index is 12.4. The molecular formula is C17H21NO5. The lowest BCUT2D eigenvalue weighted by Crippen LogP contribution is -2.47. The van der Waals surface area contributed by atoms with Gasteiger partial charge in [0.1, 0.15) is 5.75 Å². The number of ketones is 1. The van der Waals surface area contributed by atoms with E-state index in [0.29, 0.717) is 30.7 Å². The molecule has 0 saturated carbocycles. The summed E-state index contributed by atoms with van der Waals surface area (Å²) < 4.78 is 5.63. The number of piperidine rings is 1. The molecule has 23 heavy (non-hydrogen) atoms. The fourth-order valence-electron chi connectivity index (χ4n) is 2.68. The monoisotopic (exact) mass is 319 g/mol. The number of aliphatic carboxylic acids is 1. The number of benzene rings is 1. The van der Waals surface area contributed by atoms with Crippen LogP contribution in [0.3, 0.4) is 0 Å². The number of nitrogens with zero attached hydrogens (tertiary/aromatic N) is 1. The fourth-order valence-corrected chi connectivity index (χ4v) is 2.68. The molecule has 0 radical (unpaired) electrons. The standard InChI is InChI=1S/C17H21NO5/c1-11(19)13-5-3-7-15(9-13)23-12(2)16(20)18-8-4-6-14(10-18)17(21)22/h3,5,7,9,12,14H,4,6,8,10H2,1-2H3,(H,21,22). The van der Waals surface area contributed by atoms with Gasteiger partial charge in [-0.2, -0.15) is 0 Å². The molecule has 1 saturated heterocycles. The Balaban J connectivity index is 2.01. The van der Waals surface area contributed by atoms with E-state index in [1.165, 1.54) is 6.92 Å². The lowest BCUT2D eigenvalue weighted by molar-refractivity contribution is -0.147. The smallest absolute Gasteiger partial charge is 0.308 e. The Morgan fingerprint density at radius 3 is 2.74 bits per heavy atom. The molecule has 124 valence electrons. The molecule has 1 heterocycles. The van der Waals surface area contributed by atoms with Gasteiger partial charge in [0.05, 0.1) is 5.92 Å². The minimum Gasteiger partial charge on any atom is -0.481 e. The molecule has 1 aliphatic rings. The van der Waals surface area contributed by atoms with E-state index in [1.807, 2.05) is 0 Å². The Morgan fingerprint density at radius 2 is 2.09 bits per heavy atom. The maximum atomic E-state index is 12.4. The van der Waals surface area contributed by atoms with Crippen molar-refractivity contribution >= 4 is 17.7 Å². The second-order valence-corrected chi connectivity index (χ2v) is 5.81. The van der Waals surface area contributed by atoms with Crippen molar-refractivity contribution in [2.45, 2.75) is 32.8 Å². The molecule has 2 rings (SSSR count). The summed E-state index contributed by atoms with van der Waals surface area (Å²) in [7, 11) is 0. The highest BCUT2D eigenvalue weighted by molar-refractivity contribution is 5.94. The third-order valence-corrected chi connectivity index (χ3v) is 3.98. The van der Waals surface area contributed by atoms with Crippen LogP contribution in [0.1, 0.15) is 37.0 Å². The summed E-state index contributed by atoms with van der Waals surface area (Å²) in [5.41, 5.74) is 0.520. The molecule has 1 aromatic rings. The Bertz CT molecular complexity index is 613. The first-order valence-corrected chi connectivity index (χ1v) is 7.67. The highest BCUT2D eigenvalue weighted by atomic mass is 16.5. The third kappa shape index (κ3) is 4.31. The highest BCUT2D eigenvalue weighted by Gasteiger charge is 2.30. The molecule has 2 atom stereocenters. The number of hydrogen-bond donors (Lipinski definition) is 1. The summed E-state index contributed by atoms with van der Waals surface area (Å²) in [6.07, 6.45) is 0.536. The number of amides is 1. The molecule has 6 heteroatoms. The molecular weight excluding hydrogens is 298 g/mol. The van der Waals surface area contributed by atoms with Gasteiger partial charge in [0, 0.05) is 18.7 Å². The maximum Gasteiger partial charge on any atom is 0.308 e. The first-order chi connectivity index (χ1) is 10.9. The first-order valence-electron chi connectivity index (χ1n) is 7.67. The van der Waals surface area contributed by atoms with Crippen molar-refractivity contribution in [1.29, 1.82) is 0 Å². The molecule has 1 aliphatic heterocycles. The lowest BCUT2D eigenvalue weighted by atomic mass is 9.98. The summed E-state index contributed by atoms with van der Waals surface area (Å²) in [6, 6.07) is 6.67. The number of Topliss-reactive ketones (excluding diaryl/α,β-unsaturated/α-hetero) is 1. The predicted octanol–water partition coefficient (Wildman–Crippen LogP) is 1.98. The van der Waals surface area contributed by atoms with Gasteiger partial charge in [0.25, 0.3) is 5.91 Å². The average molecular weight is 319 g/mol. The second-order valence-electron chi connectivity index (χ2n) is 5.81. The molecule has 0 spiro atoms. The molecule has 6 nitrogen and oxygen atoms in total. The van der Waals surface area contributed by atoms with Crippen LogP contribution in [0.4, 0.5) is 0 Å². The van der Waals surface area contributed by atoms with Gasteiger partial charge >= 0.3 is 5.97 Å². The van der Waals surface area contributed by atoms with E-state index in [4.69, 9.17) is 9.84 Å². The number of rotatable bonds is 5. The average Bonchev–Trinajstić information content (AvgIpc) is 2.54. The Hall–Kier alpha value is -2.37. The largest absolute Gasteiger partial charge is 0.481 e. The zero-order valence-electron chi connectivity index (χ0n) is 13.3. The number of carboxylic acid groups (broad SMARTS) is 1. The van der Waals surface area contributed by atoms with Gasteiger partial charge in [-0.05, 0) is 38.8 Å². The van der Waals surface area contributed by atoms with Crippen molar-refractivity contribution in [2.24, 2.45) is 5.92 Å². The van der Waals surface area contributed by atoms with Crippen LogP contribution in [0.2, 0.25) is 0 Å². The molecule has 2 unspecified atom stereocenters. The van der Waals surface area contributed by atoms with Gasteiger partial charge in [-0.25, -0.2) is 0 Å². The first kappa shape index (κ1) is 17.0. The molecule has 1 fully saturated rings. The van der Waals surface area contributed by atoms with Crippen molar-refractivity contribution in [3.05, 3.63) is 29.8 Å². The van der Waals surface area contributed by atoms with Crippen LogP contribution in [-0.4, -0.2) is 46.9 Å². The fraction of sp³-hybridized carbons (Fsp3) is 0.471. The van der Waals surface area contributed by atoms with Crippen LogP contribution >= 0.6 is 0 Å². The van der Waals surface area contributed by atoms with Crippen LogP contribution in [0.25, 0.3) is 0 Å². The summed E-state index contributed by atoms with van der Waals surface area (Å²) >= 11 is 0. The Labute approximate surface area is 135 Å². The van der Waals surface area contributed by atoms with Crippen molar-refractivity contribution < 1.29 is 24.2 Å². The molecule has 1 aromatic carbocycles. The number of likely N-dealkylation sites (tertiary alicyclic amines) is 1. The SMILES string of the molecule is CC(=O)c1cccc(OC(C)C(=O)N2CCCC(C(=O)O)C2)c1. The summed E-state index contributed by atoms with van der Waals surface area (Å²) in [4.78, 5) is 36.4. The van der Waals surface area contributed by atoms with Crippen LogP contribution in [0.15, 0.2) is 24.3 Å². The lowest BCUT2D eigenvalue weighted by Gasteiger charge is -2.32. The van der Waals surface area contributed by atoms with Gasteiger partial charge in [0.15, 0.2) is 11.9 Å². The van der Waals surface area contributed by atoms with Crippen LogP contribution < -0.4 is 4.74 Å². The van der Waals surface area contributed by atoms with Crippen molar-refractivity contribution in [2.75, 3.05) is 13.1 Å². The third-order valence-electron chi connectivity index (χ3n) is 3.98. The van der Waals surface area contributed by atoms with Crippen molar-refractivity contribution in [1.82, 2.24) is 4.90 Å². The van der Waals surface area contributed by atoms with E-state index in [-0.39, 0.29) is 18.2 Å². The van der Waals surface area contributed by atoms with Crippen LogP contribution in [-0.2, 0) is 9.59 Å². The molecule has 1 N–H and O–H groups in total. The number of hydrogen-bond acceptors (Lipinski definition) is 4. The number of carbonyl (C=O) groups excluding carboxylic acids is 2. The van der Waals surface area contributed by atoms with Crippen molar-refractivity contribution in [3.63, 3.8) is 0 Å². The predicted molar refractivity (Wildman–Crippen MR) is 83.5 cm³/mol. The summed E-state index contributed by atoms with van der Waals surface area (Å²) in [5.74, 6) is -1.24. The van der Waals surface area contributed by atoms with Crippen LogP contribution in [0, 0.1) is 5.92 Å². The van der Waals surface area contributed by atoms with E-state index in [1.54, 1.807) is 36.1 Å². The summed E-state index contributed by atoms with van der Waals surface area (Å²) in [6.45, 7) is 3.86. The molecule has 0 aromatic heterocycles. The minimum absolute atomic E-state index is 0.0743. The molecule has 0 aliphatic carbocycles. The second kappa shape index (κ2) is 7.26. The van der Waals surface area contributed by atoms with Gasteiger partial charge in [-0.15, -0.1) is 0 Å². The van der Waals surface area contributed by atoms with Gasteiger partial charge in [-0.1, -0.05) is 12.1 Å². The normalized spacial score (nSPS) is 19.0. The number of carboxylic acids is 1. The van der Waals surface area contributed by atoms with E-state index >= 15 is 0 Å². The number of ether oxygens (including phenoxy) is 1. The molecule has 0 bridgehead atoms. The van der Waals surface area contributed by atoms with Gasteiger partial charge in [0.2, 0.25) is 0 Å². The Morgan fingerprint density at radius 1 is 1.35 bits per heavy atom. The van der Waals surface area contributed by atoms with Crippen molar-refractivity contribution in [3.8, 4) is 5.75 Å². The highest BCUT2D eigenvalue weighted by Crippen LogP contribution is 2.20. The summed E-state index contributed by atoms with van der Waals surface area (Å²) in [5, 5.41) is 9.09. The van der Waals surface area contributed by atoms with E-state index in [0.717, 1.165) is 0 Å². The zero-order valence-corrected chi connectivity index (χ0v) is 13.3.